The van der Waals surface area contributed by atoms with Gasteiger partial charge in [-0.15, -0.1) is 11.3 Å². The number of fused-ring (bicyclic) bond motifs is 2. The average Bonchev–Trinajstić information content (AvgIpc) is 2.67. The molecule has 3 rings (SSSR count). The molecule has 0 saturated carbocycles. The SMILES string of the molecule is CCCCCCCCN(C)c1ccc2nc3ccc(=[N+](C)C)cc-3sc2c1.[Cl-]. The van der Waals surface area contributed by atoms with E-state index in [-0.39, 0.29) is 12.4 Å². The van der Waals surface area contributed by atoms with Gasteiger partial charge in [0.2, 0.25) is 5.36 Å². The molecule has 2 aliphatic rings. The van der Waals surface area contributed by atoms with Gasteiger partial charge in [-0.1, -0.05) is 39.0 Å². The molecule has 0 amide bonds. The van der Waals surface area contributed by atoms with Crippen molar-refractivity contribution in [2.24, 2.45) is 0 Å². The fraction of sp³-hybridized carbons (Fsp3) is 0.478. The van der Waals surface area contributed by atoms with Crippen molar-refractivity contribution in [3.8, 4) is 10.6 Å². The van der Waals surface area contributed by atoms with Crippen molar-refractivity contribution in [2.75, 3.05) is 32.6 Å². The van der Waals surface area contributed by atoms with E-state index in [1.807, 2.05) is 11.3 Å². The first-order valence-corrected chi connectivity index (χ1v) is 11.0. The van der Waals surface area contributed by atoms with Crippen LogP contribution in [0.25, 0.3) is 20.8 Å². The largest absolute Gasteiger partial charge is 1.00 e. The highest BCUT2D eigenvalue weighted by Gasteiger charge is 2.10. The molecule has 3 nitrogen and oxygen atoms in total. The lowest BCUT2D eigenvalue weighted by Gasteiger charge is -2.20. The third kappa shape index (κ3) is 5.68. The van der Waals surface area contributed by atoms with Gasteiger partial charge in [0, 0.05) is 31.4 Å². The summed E-state index contributed by atoms with van der Waals surface area (Å²) >= 11 is 1.84. The second-order valence-electron chi connectivity index (χ2n) is 7.60. The van der Waals surface area contributed by atoms with Gasteiger partial charge in [0.15, 0.2) is 0 Å². The predicted octanol–water partition coefficient (Wildman–Crippen LogP) is 2.23. The number of rotatable bonds is 8. The summed E-state index contributed by atoms with van der Waals surface area (Å²) in [6.07, 6.45) is 8.04. The Bertz CT molecular complexity index is 931. The first-order valence-electron chi connectivity index (χ1n) is 10.1. The van der Waals surface area contributed by atoms with E-state index in [0.29, 0.717) is 0 Å². The van der Waals surface area contributed by atoms with Gasteiger partial charge in [-0.05, 0) is 30.7 Å². The van der Waals surface area contributed by atoms with Crippen LogP contribution in [0.1, 0.15) is 45.4 Å². The molecule has 1 aromatic carbocycles. The van der Waals surface area contributed by atoms with Gasteiger partial charge < -0.3 is 17.3 Å². The number of unbranched alkanes of at least 4 members (excludes halogenated alkanes) is 5. The monoisotopic (exact) mass is 417 g/mol. The smallest absolute Gasteiger partial charge is 0.201 e. The van der Waals surface area contributed by atoms with Crippen LogP contribution in [0.3, 0.4) is 0 Å². The summed E-state index contributed by atoms with van der Waals surface area (Å²) < 4.78 is 3.40. The summed E-state index contributed by atoms with van der Waals surface area (Å²) in [4.78, 5) is 8.48. The summed E-state index contributed by atoms with van der Waals surface area (Å²) in [6, 6.07) is 13.2. The Balaban J connectivity index is 0.00000280. The molecule has 152 valence electrons. The maximum absolute atomic E-state index is 4.86. The van der Waals surface area contributed by atoms with E-state index in [4.69, 9.17) is 4.98 Å². The molecule has 1 aliphatic carbocycles. The number of aromatic nitrogens is 1. The Morgan fingerprint density at radius 1 is 0.964 bits per heavy atom. The molecule has 1 heterocycles. The van der Waals surface area contributed by atoms with Crippen LogP contribution < -0.4 is 27.2 Å². The Hall–Kier alpha value is -1.65. The lowest BCUT2D eigenvalue weighted by atomic mass is 10.1. The maximum atomic E-state index is 4.86. The molecule has 0 radical (unpaired) electrons. The Morgan fingerprint density at radius 3 is 2.46 bits per heavy atom. The van der Waals surface area contributed by atoms with Crippen molar-refractivity contribution in [1.29, 1.82) is 0 Å². The fourth-order valence-electron chi connectivity index (χ4n) is 3.38. The zero-order valence-electron chi connectivity index (χ0n) is 17.5. The predicted molar refractivity (Wildman–Crippen MR) is 120 cm³/mol. The quantitative estimate of drug-likeness (QED) is 0.318. The fourth-order valence-corrected chi connectivity index (χ4v) is 4.41. The molecular weight excluding hydrogens is 386 g/mol. The van der Waals surface area contributed by atoms with Crippen molar-refractivity contribution in [3.63, 3.8) is 0 Å². The first kappa shape index (κ1) is 22.6. The van der Waals surface area contributed by atoms with Gasteiger partial charge in [0.1, 0.15) is 14.1 Å². The maximum Gasteiger partial charge on any atom is 0.201 e. The summed E-state index contributed by atoms with van der Waals surface area (Å²) in [5.74, 6) is 0. The van der Waals surface area contributed by atoms with Crippen LogP contribution >= 0.6 is 11.3 Å². The molecule has 0 saturated heterocycles. The average molecular weight is 418 g/mol. The van der Waals surface area contributed by atoms with Crippen molar-refractivity contribution >= 4 is 27.2 Å². The molecule has 1 aliphatic heterocycles. The minimum absolute atomic E-state index is 0. The van der Waals surface area contributed by atoms with Crippen LogP contribution in [-0.2, 0) is 0 Å². The summed E-state index contributed by atoms with van der Waals surface area (Å²) in [5.41, 5.74) is 3.45. The molecule has 0 unspecified atom stereocenters. The normalized spacial score (nSPS) is 10.9. The van der Waals surface area contributed by atoms with Gasteiger partial charge in [0.25, 0.3) is 0 Å². The van der Waals surface area contributed by atoms with Crippen molar-refractivity contribution in [1.82, 2.24) is 9.56 Å². The Kier molecular flexibility index (Phi) is 8.71. The van der Waals surface area contributed by atoms with E-state index in [1.165, 1.54) is 59.1 Å². The van der Waals surface area contributed by atoms with Gasteiger partial charge in [-0.2, -0.15) is 0 Å². The minimum Gasteiger partial charge on any atom is -1.00 e. The third-order valence-electron chi connectivity index (χ3n) is 5.15. The van der Waals surface area contributed by atoms with Crippen LogP contribution in [-0.4, -0.2) is 32.7 Å². The zero-order valence-corrected chi connectivity index (χ0v) is 19.1. The molecule has 0 N–H and O–H groups in total. The van der Waals surface area contributed by atoms with Crippen LogP contribution in [0.15, 0.2) is 36.4 Å². The number of hydrogen-bond donors (Lipinski definition) is 0. The molecule has 0 spiro atoms. The standard InChI is InChI=1S/C23H32N3S.ClH/c1-5-6-7-8-9-10-15-26(4)19-12-14-21-23(17-19)27-22-16-18(25(2)3)11-13-20(22)24-21;/h11-14,16-17H,5-10,15H2,1-4H3;1H/q+1;/p-1. The molecular formula is C23H32ClN3S. The Labute approximate surface area is 179 Å². The second kappa shape index (κ2) is 10.8. The van der Waals surface area contributed by atoms with E-state index in [9.17, 15) is 0 Å². The van der Waals surface area contributed by atoms with Crippen LogP contribution in [0.2, 0.25) is 0 Å². The summed E-state index contributed by atoms with van der Waals surface area (Å²) in [6.45, 7) is 3.39. The van der Waals surface area contributed by atoms with E-state index in [0.717, 1.165) is 17.8 Å². The first-order chi connectivity index (χ1) is 13.1. The van der Waals surface area contributed by atoms with Crippen molar-refractivity contribution in [2.45, 2.75) is 45.4 Å². The van der Waals surface area contributed by atoms with E-state index in [2.05, 4.69) is 73.9 Å². The van der Waals surface area contributed by atoms with Crippen molar-refractivity contribution in [3.05, 3.63) is 41.8 Å². The molecule has 5 heteroatoms. The molecule has 1 aromatic rings. The van der Waals surface area contributed by atoms with Crippen LogP contribution in [0, 0.1) is 0 Å². The lowest BCUT2D eigenvalue weighted by molar-refractivity contribution is -0.00000564. The van der Waals surface area contributed by atoms with Gasteiger partial charge in [-0.25, -0.2) is 9.56 Å². The number of halogens is 1. The van der Waals surface area contributed by atoms with Crippen LogP contribution in [0.4, 0.5) is 5.69 Å². The number of benzene rings is 2. The van der Waals surface area contributed by atoms with E-state index >= 15 is 0 Å². The minimum atomic E-state index is 0. The van der Waals surface area contributed by atoms with Gasteiger partial charge in [0.05, 0.1) is 20.8 Å². The van der Waals surface area contributed by atoms with Gasteiger partial charge >= 0.3 is 0 Å². The van der Waals surface area contributed by atoms with Crippen LogP contribution in [0.5, 0.6) is 0 Å². The molecule has 0 fully saturated rings. The summed E-state index contributed by atoms with van der Waals surface area (Å²) in [7, 11) is 6.36. The molecule has 0 aromatic heterocycles. The van der Waals surface area contributed by atoms with Gasteiger partial charge in [-0.3, -0.25) is 0 Å². The number of anilines is 1. The molecule has 0 atom stereocenters. The third-order valence-corrected chi connectivity index (χ3v) is 6.25. The highest BCUT2D eigenvalue weighted by Crippen LogP contribution is 2.31. The topological polar surface area (TPSA) is 19.1 Å². The number of nitrogens with zero attached hydrogens (tertiary/aromatic N) is 3. The molecule has 0 bridgehead atoms. The lowest BCUT2D eigenvalue weighted by Crippen LogP contribution is -3.00. The second-order valence-corrected chi connectivity index (χ2v) is 8.69. The van der Waals surface area contributed by atoms with E-state index in [1.54, 1.807) is 0 Å². The van der Waals surface area contributed by atoms with Crippen molar-refractivity contribution < 1.29 is 12.4 Å². The summed E-state index contributed by atoms with van der Waals surface area (Å²) in [5, 5.41) is 1.22. The Morgan fingerprint density at radius 2 is 1.71 bits per heavy atom. The highest BCUT2D eigenvalue weighted by atomic mass is 35.5. The van der Waals surface area contributed by atoms with E-state index < -0.39 is 0 Å². The number of hydrogen-bond acceptors (Lipinski definition) is 3. The molecule has 28 heavy (non-hydrogen) atoms. The highest BCUT2D eigenvalue weighted by molar-refractivity contribution is 7.21. The zero-order chi connectivity index (χ0) is 19.2.